The molecule has 0 spiro atoms. The van der Waals surface area contributed by atoms with Crippen LogP contribution in [0.2, 0.25) is 0 Å². The molecule has 2 saturated heterocycles. The first-order valence-electron chi connectivity index (χ1n) is 10.4. The summed E-state index contributed by atoms with van der Waals surface area (Å²) in [4.78, 5) is 32.1. The molecule has 1 atom stereocenters. The molecule has 3 rings (SSSR count). The molecule has 1 aromatic rings. The molecule has 0 N–H and O–H groups in total. The Morgan fingerprint density at radius 1 is 1.18 bits per heavy atom. The molecule has 2 aliphatic heterocycles. The second kappa shape index (κ2) is 9.88. The Morgan fingerprint density at radius 3 is 2.41 bits per heavy atom. The third-order valence-corrected chi connectivity index (χ3v) is 5.31. The van der Waals surface area contributed by atoms with E-state index < -0.39 is 52.3 Å². The van der Waals surface area contributed by atoms with Crippen molar-refractivity contribution < 1.29 is 45.3 Å². The number of ether oxygens (including phenoxy) is 2. The van der Waals surface area contributed by atoms with Crippen LogP contribution in [0.3, 0.4) is 0 Å². The van der Waals surface area contributed by atoms with Crippen molar-refractivity contribution in [2.75, 3.05) is 55.4 Å². The zero-order chi connectivity index (χ0) is 25.3. The van der Waals surface area contributed by atoms with Crippen LogP contribution in [0.1, 0.15) is 20.8 Å². The Kier molecular flexibility index (Phi) is 7.53. The minimum atomic E-state index is -3.74. The van der Waals surface area contributed by atoms with Crippen LogP contribution in [0.5, 0.6) is 0 Å². The molecule has 0 radical (unpaired) electrons. The van der Waals surface area contributed by atoms with E-state index in [4.69, 9.17) is 14.3 Å². The lowest BCUT2D eigenvalue weighted by Gasteiger charge is -2.26. The number of hydrogen-bond acceptors (Lipinski definition) is 9. The SMILES string of the molecule is CC(C)(C)OC(=O)N1CCN(c2c(F)cc(N3C[C@H](COS(C)(=O)=O)OC3=O)cc2F)CCO1. The van der Waals surface area contributed by atoms with Gasteiger partial charge in [-0.2, -0.15) is 13.5 Å². The predicted molar refractivity (Wildman–Crippen MR) is 116 cm³/mol. The summed E-state index contributed by atoms with van der Waals surface area (Å²) in [5, 5.41) is 1.01. The van der Waals surface area contributed by atoms with Gasteiger partial charge in [0.1, 0.15) is 24.0 Å². The van der Waals surface area contributed by atoms with Crippen LogP contribution in [0.4, 0.5) is 29.7 Å². The molecular formula is C20H27F2N3O8S. The van der Waals surface area contributed by atoms with E-state index in [0.717, 1.165) is 28.4 Å². The molecule has 2 heterocycles. The van der Waals surface area contributed by atoms with E-state index in [1.807, 2.05) is 0 Å². The van der Waals surface area contributed by atoms with Crippen molar-refractivity contribution in [3.8, 4) is 0 Å². The Balaban J connectivity index is 1.70. The summed E-state index contributed by atoms with van der Waals surface area (Å²) in [6.07, 6.45) is -1.65. The molecule has 34 heavy (non-hydrogen) atoms. The summed E-state index contributed by atoms with van der Waals surface area (Å²) >= 11 is 0. The first kappa shape index (κ1) is 25.9. The Bertz CT molecular complexity index is 1020. The molecule has 2 aliphatic rings. The van der Waals surface area contributed by atoms with Gasteiger partial charge >= 0.3 is 12.2 Å². The molecule has 0 unspecified atom stereocenters. The molecule has 2 amide bonds. The number of nitrogens with zero attached hydrogens (tertiary/aromatic N) is 3. The van der Waals surface area contributed by atoms with E-state index in [2.05, 4.69) is 4.18 Å². The fourth-order valence-corrected chi connectivity index (χ4v) is 3.76. The third kappa shape index (κ3) is 6.67. The molecule has 190 valence electrons. The Labute approximate surface area is 196 Å². The summed E-state index contributed by atoms with van der Waals surface area (Å²) in [7, 11) is -3.74. The Hall–Kier alpha value is -2.71. The maximum Gasteiger partial charge on any atom is 0.434 e. The second-order valence-corrected chi connectivity index (χ2v) is 10.4. The highest BCUT2D eigenvalue weighted by molar-refractivity contribution is 7.85. The average Bonchev–Trinajstić information content (AvgIpc) is 2.89. The van der Waals surface area contributed by atoms with Crippen molar-refractivity contribution in [3.05, 3.63) is 23.8 Å². The van der Waals surface area contributed by atoms with Gasteiger partial charge in [-0.05, 0) is 20.8 Å². The van der Waals surface area contributed by atoms with E-state index in [9.17, 15) is 26.8 Å². The number of rotatable bonds is 5. The Morgan fingerprint density at radius 2 is 1.82 bits per heavy atom. The smallest absolute Gasteiger partial charge is 0.434 e. The number of hydroxylamine groups is 2. The van der Waals surface area contributed by atoms with E-state index in [1.165, 1.54) is 4.90 Å². The number of halogens is 2. The largest absolute Gasteiger partial charge is 0.442 e. The van der Waals surface area contributed by atoms with Crippen molar-refractivity contribution in [1.82, 2.24) is 5.06 Å². The van der Waals surface area contributed by atoms with Gasteiger partial charge in [-0.25, -0.2) is 18.4 Å². The van der Waals surface area contributed by atoms with Crippen molar-refractivity contribution in [3.63, 3.8) is 0 Å². The summed E-state index contributed by atoms with van der Waals surface area (Å²) in [6, 6.07) is 1.97. The zero-order valence-corrected chi connectivity index (χ0v) is 20.1. The van der Waals surface area contributed by atoms with Gasteiger partial charge in [0.2, 0.25) is 0 Å². The maximum atomic E-state index is 15.0. The number of benzene rings is 1. The van der Waals surface area contributed by atoms with Gasteiger partial charge in [-0.3, -0.25) is 13.9 Å². The third-order valence-electron chi connectivity index (χ3n) is 4.75. The summed E-state index contributed by atoms with van der Waals surface area (Å²) in [5.74, 6) is -1.85. The minimum Gasteiger partial charge on any atom is -0.442 e. The van der Waals surface area contributed by atoms with Crippen LogP contribution in [0.15, 0.2) is 12.1 Å². The molecule has 0 aromatic heterocycles. The first-order valence-corrected chi connectivity index (χ1v) is 12.2. The lowest BCUT2D eigenvalue weighted by Crippen LogP contribution is -2.38. The molecule has 2 fully saturated rings. The topological polar surface area (TPSA) is 115 Å². The van der Waals surface area contributed by atoms with E-state index in [1.54, 1.807) is 20.8 Å². The van der Waals surface area contributed by atoms with Crippen LogP contribution in [-0.4, -0.2) is 83.0 Å². The second-order valence-electron chi connectivity index (χ2n) is 8.77. The number of carbonyl (C=O) groups is 2. The van der Waals surface area contributed by atoms with Crippen LogP contribution in [0.25, 0.3) is 0 Å². The van der Waals surface area contributed by atoms with Crippen LogP contribution in [0, 0.1) is 11.6 Å². The lowest BCUT2D eigenvalue weighted by molar-refractivity contribution is -0.137. The number of amides is 2. The molecule has 1 aromatic carbocycles. The van der Waals surface area contributed by atoms with Gasteiger partial charge < -0.3 is 14.4 Å². The number of cyclic esters (lactones) is 1. The van der Waals surface area contributed by atoms with E-state index in [0.29, 0.717) is 0 Å². The van der Waals surface area contributed by atoms with Gasteiger partial charge in [0.25, 0.3) is 10.1 Å². The monoisotopic (exact) mass is 507 g/mol. The molecule has 0 saturated carbocycles. The van der Waals surface area contributed by atoms with Crippen LogP contribution < -0.4 is 9.80 Å². The van der Waals surface area contributed by atoms with Gasteiger partial charge in [0.05, 0.1) is 31.6 Å². The zero-order valence-electron chi connectivity index (χ0n) is 19.2. The fraction of sp³-hybridized carbons (Fsp3) is 0.600. The summed E-state index contributed by atoms with van der Waals surface area (Å²) in [6.45, 7) is 4.73. The summed E-state index contributed by atoms with van der Waals surface area (Å²) in [5.41, 5.74) is -1.15. The van der Waals surface area contributed by atoms with Crippen molar-refractivity contribution in [1.29, 1.82) is 0 Å². The minimum absolute atomic E-state index is 0.00993. The molecule has 14 heteroatoms. The molecule has 0 aliphatic carbocycles. The van der Waals surface area contributed by atoms with Gasteiger partial charge in [0.15, 0.2) is 11.6 Å². The number of anilines is 2. The van der Waals surface area contributed by atoms with Crippen LogP contribution in [-0.2, 0) is 28.6 Å². The lowest BCUT2D eigenvalue weighted by atomic mass is 10.2. The van der Waals surface area contributed by atoms with Crippen LogP contribution >= 0.6 is 0 Å². The van der Waals surface area contributed by atoms with Gasteiger partial charge in [-0.1, -0.05) is 0 Å². The number of carbonyl (C=O) groups excluding carboxylic acids is 2. The fourth-order valence-electron chi connectivity index (χ4n) is 3.36. The standard InChI is InChI=1S/C20H27F2N3O8S/c1-20(2,3)33-19(27)25-6-5-23(7-8-30-25)17-15(21)9-13(10-16(17)22)24-11-14(32-18(24)26)12-31-34(4,28)29/h9-10,14H,5-8,11-12H2,1-4H3/t14-/m1/s1. The number of hydrogen-bond donors (Lipinski definition) is 0. The average molecular weight is 508 g/mol. The molecular weight excluding hydrogens is 480 g/mol. The highest BCUT2D eigenvalue weighted by atomic mass is 32.2. The van der Waals surface area contributed by atoms with E-state index >= 15 is 0 Å². The summed E-state index contributed by atoms with van der Waals surface area (Å²) < 4.78 is 67.1. The van der Waals surface area contributed by atoms with Crippen molar-refractivity contribution >= 4 is 33.7 Å². The first-order chi connectivity index (χ1) is 15.7. The van der Waals surface area contributed by atoms with Crippen molar-refractivity contribution in [2.45, 2.75) is 32.5 Å². The predicted octanol–water partition coefficient (Wildman–Crippen LogP) is 2.25. The highest BCUT2D eigenvalue weighted by Gasteiger charge is 2.35. The quantitative estimate of drug-likeness (QED) is 0.554. The maximum absolute atomic E-state index is 15.0. The molecule has 0 bridgehead atoms. The van der Waals surface area contributed by atoms with Crippen molar-refractivity contribution in [2.24, 2.45) is 0 Å². The van der Waals surface area contributed by atoms with E-state index in [-0.39, 0.29) is 44.2 Å². The normalized spacial score (nSPS) is 19.8. The highest BCUT2D eigenvalue weighted by Crippen LogP contribution is 2.31. The molecule has 11 nitrogen and oxygen atoms in total. The van der Waals surface area contributed by atoms with Gasteiger partial charge in [-0.15, -0.1) is 0 Å². The van der Waals surface area contributed by atoms with Gasteiger partial charge in [0, 0.05) is 25.2 Å².